The van der Waals surface area contributed by atoms with Crippen molar-refractivity contribution in [2.24, 2.45) is 0 Å². The summed E-state index contributed by atoms with van der Waals surface area (Å²) in [5.74, 6) is -0.882. The SMILES string of the molecule is Cc1ccc(-c2ncccc2NC(=O)NC(C)(C)CCC(=O)O)s1. The molecule has 7 heteroatoms. The second-order valence-electron chi connectivity index (χ2n) is 6.17. The monoisotopic (exact) mass is 347 g/mol. The second-order valence-corrected chi connectivity index (χ2v) is 7.45. The second kappa shape index (κ2) is 7.44. The number of amides is 2. The maximum absolute atomic E-state index is 12.3. The zero-order valence-corrected chi connectivity index (χ0v) is 14.7. The van der Waals surface area contributed by atoms with Crippen LogP contribution in [-0.4, -0.2) is 27.6 Å². The van der Waals surface area contributed by atoms with Crippen LogP contribution in [0.15, 0.2) is 30.5 Å². The first kappa shape index (κ1) is 17.9. The first-order valence-electron chi connectivity index (χ1n) is 7.60. The Bertz CT molecular complexity index is 740. The summed E-state index contributed by atoms with van der Waals surface area (Å²) in [5.41, 5.74) is 0.713. The fraction of sp³-hybridized carbons (Fsp3) is 0.353. The number of pyridine rings is 1. The zero-order valence-electron chi connectivity index (χ0n) is 13.9. The number of hydrogen-bond donors (Lipinski definition) is 3. The highest BCUT2D eigenvalue weighted by molar-refractivity contribution is 7.15. The third-order valence-electron chi connectivity index (χ3n) is 3.45. The number of thiophene rings is 1. The van der Waals surface area contributed by atoms with Crippen LogP contribution in [0.5, 0.6) is 0 Å². The number of carboxylic acid groups (broad SMARTS) is 1. The quantitative estimate of drug-likeness (QED) is 0.739. The van der Waals surface area contributed by atoms with Crippen molar-refractivity contribution in [3.63, 3.8) is 0 Å². The van der Waals surface area contributed by atoms with E-state index in [1.807, 2.05) is 19.1 Å². The molecule has 0 bridgehead atoms. The van der Waals surface area contributed by atoms with Crippen molar-refractivity contribution < 1.29 is 14.7 Å². The van der Waals surface area contributed by atoms with Gasteiger partial charge in [0.05, 0.1) is 10.6 Å². The standard InChI is InChI=1S/C17H21N3O3S/c1-11-6-7-13(24-11)15-12(5-4-10-18-15)19-16(23)20-17(2,3)9-8-14(21)22/h4-7,10H,8-9H2,1-3H3,(H,21,22)(H2,19,20,23). The van der Waals surface area contributed by atoms with Crippen LogP contribution < -0.4 is 10.6 Å². The first-order valence-corrected chi connectivity index (χ1v) is 8.41. The fourth-order valence-corrected chi connectivity index (χ4v) is 3.09. The van der Waals surface area contributed by atoms with Gasteiger partial charge in [0, 0.05) is 23.0 Å². The molecule has 2 aromatic heterocycles. The Morgan fingerprint density at radius 1 is 1.29 bits per heavy atom. The predicted octanol–water partition coefficient (Wildman–Crippen LogP) is 3.88. The molecular formula is C17H21N3O3S. The number of urea groups is 1. The number of hydrogen-bond acceptors (Lipinski definition) is 4. The van der Waals surface area contributed by atoms with Crippen LogP contribution in [-0.2, 0) is 4.79 Å². The van der Waals surface area contributed by atoms with Gasteiger partial charge in [-0.05, 0) is 51.5 Å². The molecule has 0 atom stereocenters. The molecule has 0 radical (unpaired) electrons. The van der Waals surface area contributed by atoms with Crippen molar-refractivity contribution in [3.8, 4) is 10.6 Å². The largest absolute Gasteiger partial charge is 0.481 e. The highest BCUT2D eigenvalue weighted by atomic mass is 32.1. The lowest BCUT2D eigenvalue weighted by Gasteiger charge is -2.26. The lowest BCUT2D eigenvalue weighted by atomic mass is 9.99. The fourth-order valence-electron chi connectivity index (χ4n) is 2.21. The molecule has 3 N–H and O–H groups in total. The van der Waals surface area contributed by atoms with E-state index in [1.165, 1.54) is 4.88 Å². The summed E-state index contributed by atoms with van der Waals surface area (Å²) in [6, 6.07) is 7.15. The lowest BCUT2D eigenvalue weighted by molar-refractivity contribution is -0.137. The van der Waals surface area contributed by atoms with Gasteiger partial charge in [-0.3, -0.25) is 9.78 Å². The van der Waals surface area contributed by atoms with Crippen molar-refractivity contribution in [1.82, 2.24) is 10.3 Å². The van der Waals surface area contributed by atoms with Gasteiger partial charge < -0.3 is 15.7 Å². The van der Waals surface area contributed by atoms with Crippen LogP contribution in [0.2, 0.25) is 0 Å². The minimum absolute atomic E-state index is 0.000104. The molecule has 0 aliphatic carbocycles. The van der Waals surface area contributed by atoms with Crippen LogP contribution in [0.3, 0.4) is 0 Å². The molecular weight excluding hydrogens is 326 g/mol. The molecule has 24 heavy (non-hydrogen) atoms. The highest BCUT2D eigenvalue weighted by Crippen LogP contribution is 2.31. The van der Waals surface area contributed by atoms with Crippen LogP contribution >= 0.6 is 11.3 Å². The van der Waals surface area contributed by atoms with Crippen molar-refractivity contribution in [3.05, 3.63) is 35.3 Å². The van der Waals surface area contributed by atoms with E-state index in [2.05, 4.69) is 15.6 Å². The van der Waals surface area contributed by atoms with Gasteiger partial charge in [-0.25, -0.2) is 4.79 Å². The number of anilines is 1. The van der Waals surface area contributed by atoms with E-state index in [1.54, 1.807) is 43.5 Å². The number of aliphatic carboxylic acids is 1. The number of aryl methyl sites for hydroxylation is 1. The maximum Gasteiger partial charge on any atom is 0.319 e. The van der Waals surface area contributed by atoms with E-state index < -0.39 is 11.5 Å². The van der Waals surface area contributed by atoms with Gasteiger partial charge in [-0.2, -0.15) is 0 Å². The molecule has 0 unspecified atom stereocenters. The topological polar surface area (TPSA) is 91.3 Å². The van der Waals surface area contributed by atoms with Crippen molar-refractivity contribution in [2.75, 3.05) is 5.32 Å². The Hall–Kier alpha value is -2.41. The number of rotatable bonds is 6. The van der Waals surface area contributed by atoms with Crippen LogP contribution in [0, 0.1) is 6.92 Å². The summed E-state index contributed by atoms with van der Waals surface area (Å²) < 4.78 is 0. The van der Waals surface area contributed by atoms with Gasteiger partial charge in [0.15, 0.2) is 0 Å². The minimum atomic E-state index is -0.882. The molecule has 0 saturated heterocycles. The smallest absolute Gasteiger partial charge is 0.319 e. The maximum atomic E-state index is 12.3. The van der Waals surface area contributed by atoms with Gasteiger partial charge in [0.25, 0.3) is 0 Å². The van der Waals surface area contributed by atoms with Crippen LogP contribution in [0.4, 0.5) is 10.5 Å². The molecule has 128 valence electrons. The van der Waals surface area contributed by atoms with E-state index in [9.17, 15) is 9.59 Å². The Kier molecular flexibility index (Phi) is 5.56. The van der Waals surface area contributed by atoms with E-state index in [0.717, 1.165) is 4.88 Å². The summed E-state index contributed by atoms with van der Waals surface area (Å²) in [6.07, 6.45) is 2.03. The number of carbonyl (C=O) groups excluding carboxylic acids is 1. The van der Waals surface area contributed by atoms with Gasteiger partial charge in [-0.1, -0.05) is 0 Å². The molecule has 0 saturated carbocycles. The Balaban J connectivity index is 2.08. The van der Waals surface area contributed by atoms with E-state index in [0.29, 0.717) is 17.8 Å². The van der Waals surface area contributed by atoms with Crippen LogP contribution in [0.25, 0.3) is 10.6 Å². The number of nitrogens with one attached hydrogen (secondary N) is 2. The average Bonchev–Trinajstić information content (AvgIpc) is 2.91. The molecule has 0 fully saturated rings. The van der Waals surface area contributed by atoms with E-state index in [-0.39, 0.29) is 12.5 Å². The molecule has 2 heterocycles. The average molecular weight is 347 g/mol. The number of nitrogens with zero attached hydrogens (tertiary/aromatic N) is 1. The van der Waals surface area contributed by atoms with Crippen molar-refractivity contribution in [2.45, 2.75) is 39.2 Å². The molecule has 0 spiro atoms. The van der Waals surface area contributed by atoms with Gasteiger partial charge in [-0.15, -0.1) is 11.3 Å². The van der Waals surface area contributed by atoms with Crippen molar-refractivity contribution >= 4 is 29.0 Å². The summed E-state index contributed by atoms with van der Waals surface area (Å²) in [4.78, 5) is 29.5. The molecule has 2 aromatic rings. The first-order chi connectivity index (χ1) is 11.3. The Morgan fingerprint density at radius 3 is 2.67 bits per heavy atom. The third kappa shape index (κ3) is 5.06. The highest BCUT2D eigenvalue weighted by Gasteiger charge is 2.22. The summed E-state index contributed by atoms with van der Waals surface area (Å²) in [7, 11) is 0. The lowest BCUT2D eigenvalue weighted by Crippen LogP contribution is -2.45. The summed E-state index contributed by atoms with van der Waals surface area (Å²) in [6.45, 7) is 5.60. The van der Waals surface area contributed by atoms with E-state index >= 15 is 0 Å². The summed E-state index contributed by atoms with van der Waals surface area (Å²) >= 11 is 1.61. The Morgan fingerprint density at radius 2 is 2.04 bits per heavy atom. The third-order valence-corrected chi connectivity index (χ3v) is 4.45. The minimum Gasteiger partial charge on any atom is -0.481 e. The van der Waals surface area contributed by atoms with Gasteiger partial charge in [0.2, 0.25) is 0 Å². The Labute approximate surface area is 144 Å². The zero-order chi connectivity index (χ0) is 17.7. The van der Waals surface area contributed by atoms with Crippen LogP contribution in [0.1, 0.15) is 31.6 Å². The normalized spacial score (nSPS) is 11.1. The molecule has 2 amide bonds. The molecule has 6 nitrogen and oxygen atoms in total. The van der Waals surface area contributed by atoms with Crippen molar-refractivity contribution in [1.29, 1.82) is 0 Å². The number of aromatic nitrogens is 1. The molecule has 0 aromatic carbocycles. The molecule has 2 rings (SSSR count). The predicted molar refractivity (Wildman–Crippen MR) is 95.4 cm³/mol. The van der Waals surface area contributed by atoms with Gasteiger partial charge >= 0.3 is 12.0 Å². The molecule has 0 aliphatic heterocycles. The molecule has 0 aliphatic rings. The number of carbonyl (C=O) groups is 2. The van der Waals surface area contributed by atoms with E-state index in [4.69, 9.17) is 5.11 Å². The number of carboxylic acids is 1. The summed E-state index contributed by atoms with van der Waals surface area (Å²) in [5, 5.41) is 14.4. The van der Waals surface area contributed by atoms with Gasteiger partial charge in [0.1, 0.15) is 5.69 Å².